The smallest absolute Gasteiger partial charge is 0.192 e. The molecule has 4 nitrogen and oxygen atoms in total. The predicted octanol–water partition coefficient (Wildman–Crippen LogP) is 1.74. The van der Waals surface area contributed by atoms with Crippen LogP contribution in [0, 0.1) is 6.92 Å². The van der Waals surface area contributed by atoms with Crippen LogP contribution in [-0.4, -0.2) is 11.5 Å². The van der Waals surface area contributed by atoms with Gasteiger partial charge in [0.05, 0.1) is 12.0 Å². The number of rotatable bonds is 3. The van der Waals surface area contributed by atoms with Gasteiger partial charge in [-0.15, -0.1) is 0 Å². The second-order valence-corrected chi connectivity index (χ2v) is 3.08. The van der Waals surface area contributed by atoms with E-state index in [1.54, 1.807) is 6.26 Å². The fraction of sp³-hybridized carbons (Fsp3) is 0.300. The van der Waals surface area contributed by atoms with Crippen LogP contribution >= 0.6 is 0 Å². The fourth-order valence-electron chi connectivity index (χ4n) is 1.41. The summed E-state index contributed by atoms with van der Waals surface area (Å²) in [5.74, 6) is 1.43. The maximum Gasteiger partial charge on any atom is 0.192 e. The predicted molar refractivity (Wildman–Crippen MR) is 51.7 cm³/mol. The first kappa shape index (κ1) is 9.02. The molecule has 2 heterocycles. The zero-order valence-electron chi connectivity index (χ0n) is 7.99. The molecule has 0 aliphatic carbocycles. The largest absolute Gasteiger partial charge is 0.461 e. The van der Waals surface area contributed by atoms with Crippen molar-refractivity contribution in [2.75, 3.05) is 6.54 Å². The quantitative estimate of drug-likeness (QED) is 0.804. The molecule has 74 valence electrons. The molecular formula is C10H12N2O2. The summed E-state index contributed by atoms with van der Waals surface area (Å²) in [6.07, 6.45) is 3.84. The van der Waals surface area contributed by atoms with E-state index in [9.17, 15) is 0 Å². The molecule has 14 heavy (non-hydrogen) atoms. The Balaban J connectivity index is 2.41. The molecule has 2 rings (SSSR count). The summed E-state index contributed by atoms with van der Waals surface area (Å²) >= 11 is 0. The SMILES string of the molecule is Cc1ncoc1-c1occc1CCN. The third kappa shape index (κ3) is 1.44. The lowest BCUT2D eigenvalue weighted by Gasteiger charge is -1.97. The first-order chi connectivity index (χ1) is 6.83. The molecule has 0 fully saturated rings. The van der Waals surface area contributed by atoms with Crippen LogP contribution < -0.4 is 5.73 Å². The van der Waals surface area contributed by atoms with Crippen LogP contribution in [0.1, 0.15) is 11.3 Å². The van der Waals surface area contributed by atoms with Crippen molar-refractivity contribution in [3.05, 3.63) is 30.0 Å². The molecule has 4 heteroatoms. The average molecular weight is 192 g/mol. The molecule has 0 unspecified atom stereocenters. The van der Waals surface area contributed by atoms with Gasteiger partial charge in [0, 0.05) is 5.56 Å². The monoisotopic (exact) mass is 192 g/mol. The Morgan fingerprint density at radius 2 is 2.21 bits per heavy atom. The maximum atomic E-state index is 5.49. The minimum atomic E-state index is 0.597. The molecule has 0 aromatic carbocycles. The lowest BCUT2D eigenvalue weighted by molar-refractivity contribution is 0.517. The lowest BCUT2D eigenvalue weighted by atomic mass is 10.1. The van der Waals surface area contributed by atoms with Crippen LogP contribution in [0.25, 0.3) is 11.5 Å². The Labute approximate surface area is 81.7 Å². The number of aromatic nitrogens is 1. The first-order valence-electron chi connectivity index (χ1n) is 4.50. The Morgan fingerprint density at radius 1 is 1.36 bits per heavy atom. The van der Waals surface area contributed by atoms with Gasteiger partial charge in [0.2, 0.25) is 0 Å². The Hall–Kier alpha value is -1.55. The highest BCUT2D eigenvalue weighted by Gasteiger charge is 2.14. The summed E-state index contributed by atoms with van der Waals surface area (Å²) in [5, 5.41) is 0. The van der Waals surface area contributed by atoms with Gasteiger partial charge in [-0.1, -0.05) is 0 Å². The van der Waals surface area contributed by atoms with E-state index in [1.165, 1.54) is 6.39 Å². The summed E-state index contributed by atoms with van der Waals surface area (Å²) < 4.78 is 10.6. The second kappa shape index (κ2) is 3.67. The van der Waals surface area contributed by atoms with Gasteiger partial charge in [-0.25, -0.2) is 4.98 Å². The van der Waals surface area contributed by atoms with Crippen molar-refractivity contribution in [1.82, 2.24) is 4.98 Å². The van der Waals surface area contributed by atoms with Crippen molar-refractivity contribution < 1.29 is 8.83 Å². The number of aryl methyl sites for hydroxylation is 1. The molecule has 0 aliphatic rings. The minimum Gasteiger partial charge on any atom is -0.461 e. The summed E-state index contributed by atoms with van der Waals surface area (Å²) in [5.41, 5.74) is 7.39. The summed E-state index contributed by atoms with van der Waals surface area (Å²) in [4.78, 5) is 4.02. The van der Waals surface area contributed by atoms with Crippen molar-refractivity contribution in [2.24, 2.45) is 5.73 Å². The van der Waals surface area contributed by atoms with Crippen LogP contribution in [0.4, 0.5) is 0 Å². The van der Waals surface area contributed by atoms with Crippen molar-refractivity contribution in [3.63, 3.8) is 0 Å². The van der Waals surface area contributed by atoms with Crippen LogP contribution in [0.5, 0.6) is 0 Å². The topological polar surface area (TPSA) is 65.2 Å². The number of hydrogen-bond acceptors (Lipinski definition) is 4. The number of furan rings is 1. The van der Waals surface area contributed by atoms with Crippen LogP contribution in [-0.2, 0) is 6.42 Å². The van der Waals surface area contributed by atoms with Gasteiger partial charge in [-0.05, 0) is 26.0 Å². The highest BCUT2D eigenvalue weighted by atomic mass is 16.4. The second-order valence-electron chi connectivity index (χ2n) is 3.08. The Kier molecular flexibility index (Phi) is 2.37. The molecule has 0 radical (unpaired) electrons. The van der Waals surface area contributed by atoms with Crippen LogP contribution in [0.3, 0.4) is 0 Å². The van der Waals surface area contributed by atoms with Gasteiger partial charge < -0.3 is 14.6 Å². The molecule has 0 bridgehead atoms. The zero-order chi connectivity index (χ0) is 9.97. The fourth-order valence-corrected chi connectivity index (χ4v) is 1.41. The van der Waals surface area contributed by atoms with Crippen LogP contribution in [0.15, 0.2) is 27.6 Å². The number of nitrogens with zero attached hydrogens (tertiary/aromatic N) is 1. The molecule has 2 aromatic rings. The molecule has 0 saturated heterocycles. The summed E-state index contributed by atoms with van der Waals surface area (Å²) in [6, 6.07) is 1.91. The molecule has 0 saturated carbocycles. The van der Waals surface area contributed by atoms with Gasteiger partial charge in [0.15, 0.2) is 17.9 Å². The average Bonchev–Trinajstić information content (AvgIpc) is 2.74. The van der Waals surface area contributed by atoms with Crippen LogP contribution in [0.2, 0.25) is 0 Å². The van der Waals surface area contributed by atoms with Crippen molar-refractivity contribution in [1.29, 1.82) is 0 Å². The molecule has 2 N–H and O–H groups in total. The summed E-state index contributed by atoms with van der Waals surface area (Å²) in [6.45, 7) is 2.48. The van der Waals surface area contributed by atoms with E-state index in [1.807, 2.05) is 13.0 Å². The van der Waals surface area contributed by atoms with Gasteiger partial charge in [-0.2, -0.15) is 0 Å². The standard InChI is InChI=1S/C10H12N2O2/c1-7-9(14-6-12-7)10-8(2-4-11)3-5-13-10/h3,5-6H,2,4,11H2,1H3. The van der Waals surface area contributed by atoms with E-state index >= 15 is 0 Å². The van der Waals surface area contributed by atoms with Crippen molar-refractivity contribution >= 4 is 0 Å². The van der Waals surface area contributed by atoms with Gasteiger partial charge in [0.25, 0.3) is 0 Å². The number of nitrogens with two attached hydrogens (primary N) is 1. The summed E-state index contributed by atoms with van der Waals surface area (Å²) in [7, 11) is 0. The highest BCUT2D eigenvalue weighted by molar-refractivity contribution is 5.57. The van der Waals surface area contributed by atoms with Gasteiger partial charge in [0.1, 0.15) is 0 Å². The van der Waals surface area contributed by atoms with E-state index in [0.717, 1.165) is 23.4 Å². The van der Waals surface area contributed by atoms with E-state index in [4.69, 9.17) is 14.6 Å². The molecule has 0 amide bonds. The zero-order valence-corrected chi connectivity index (χ0v) is 7.99. The molecule has 0 atom stereocenters. The van der Waals surface area contributed by atoms with Gasteiger partial charge >= 0.3 is 0 Å². The molecular weight excluding hydrogens is 180 g/mol. The first-order valence-corrected chi connectivity index (χ1v) is 4.50. The van der Waals surface area contributed by atoms with Gasteiger partial charge in [-0.3, -0.25) is 0 Å². The molecule has 0 spiro atoms. The van der Waals surface area contributed by atoms with E-state index in [2.05, 4.69) is 4.98 Å². The lowest BCUT2D eigenvalue weighted by Crippen LogP contribution is -2.02. The van der Waals surface area contributed by atoms with Crippen molar-refractivity contribution in [2.45, 2.75) is 13.3 Å². The Morgan fingerprint density at radius 3 is 2.86 bits per heavy atom. The molecule has 0 aliphatic heterocycles. The normalized spacial score (nSPS) is 10.7. The Bertz CT molecular complexity index is 417. The van der Waals surface area contributed by atoms with E-state index in [0.29, 0.717) is 12.3 Å². The third-order valence-corrected chi connectivity index (χ3v) is 2.11. The number of hydrogen-bond donors (Lipinski definition) is 1. The van der Waals surface area contributed by atoms with Crippen molar-refractivity contribution in [3.8, 4) is 11.5 Å². The highest BCUT2D eigenvalue weighted by Crippen LogP contribution is 2.27. The number of oxazole rings is 1. The third-order valence-electron chi connectivity index (χ3n) is 2.11. The minimum absolute atomic E-state index is 0.597. The maximum absolute atomic E-state index is 5.49. The molecule has 2 aromatic heterocycles. The van der Waals surface area contributed by atoms with E-state index < -0.39 is 0 Å². The van der Waals surface area contributed by atoms with E-state index in [-0.39, 0.29) is 0 Å².